The van der Waals surface area contributed by atoms with Crippen LogP contribution in [0.15, 0.2) is 34.8 Å². The van der Waals surface area contributed by atoms with E-state index in [0.717, 1.165) is 21.2 Å². The Morgan fingerprint density at radius 3 is 2.29 bits per heavy atom. The SMILES string of the molecule is COc1ccc(C(Cl)c2ccc(Cl)cc2C)c(OC)c1Br. The van der Waals surface area contributed by atoms with E-state index >= 15 is 0 Å². The molecule has 0 spiro atoms. The highest BCUT2D eigenvalue weighted by Crippen LogP contribution is 2.44. The van der Waals surface area contributed by atoms with Crippen molar-refractivity contribution in [2.24, 2.45) is 0 Å². The van der Waals surface area contributed by atoms with Gasteiger partial charge in [-0.3, -0.25) is 0 Å². The standard InChI is InChI=1S/C16H15BrCl2O2/c1-9-8-10(18)4-5-11(9)15(19)12-6-7-13(20-2)14(17)16(12)21-3/h4-8,15H,1-3H3. The van der Waals surface area contributed by atoms with Gasteiger partial charge in [0.05, 0.1) is 19.6 Å². The van der Waals surface area contributed by atoms with E-state index in [1.165, 1.54) is 0 Å². The predicted molar refractivity (Wildman–Crippen MR) is 91.1 cm³/mol. The molecule has 0 aromatic heterocycles. The van der Waals surface area contributed by atoms with E-state index in [1.54, 1.807) is 14.2 Å². The van der Waals surface area contributed by atoms with Gasteiger partial charge in [-0.25, -0.2) is 0 Å². The summed E-state index contributed by atoms with van der Waals surface area (Å²) in [5, 5.41) is 0.363. The smallest absolute Gasteiger partial charge is 0.141 e. The van der Waals surface area contributed by atoms with Crippen molar-refractivity contribution in [3.63, 3.8) is 0 Å². The molecular weight excluding hydrogens is 375 g/mol. The summed E-state index contributed by atoms with van der Waals surface area (Å²) in [5.74, 6) is 1.37. The van der Waals surface area contributed by atoms with E-state index in [1.807, 2.05) is 37.3 Å². The average molecular weight is 390 g/mol. The Bertz CT molecular complexity index is 659. The summed E-state index contributed by atoms with van der Waals surface area (Å²) < 4.78 is 11.5. The second kappa shape index (κ2) is 6.91. The third kappa shape index (κ3) is 3.31. The zero-order chi connectivity index (χ0) is 15.6. The molecule has 0 N–H and O–H groups in total. The first-order valence-corrected chi connectivity index (χ1v) is 7.90. The molecule has 21 heavy (non-hydrogen) atoms. The summed E-state index contributed by atoms with van der Waals surface area (Å²) in [6.45, 7) is 1.99. The second-order valence-electron chi connectivity index (χ2n) is 4.57. The highest BCUT2D eigenvalue weighted by Gasteiger charge is 2.21. The molecule has 112 valence electrons. The number of halogens is 3. The van der Waals surface area contributed by atoms with Crippen LogP contribution in [0.2, 0.25) is 5.02 Å². The largest absolute Gasteiger partial charge is 0.495 e. The van der Waals surface area contributed by atoms with Gasteiger partial charge in [-0.1, -0.05) is 17.7 Å². The fourth-order valence-electron chi connectivity index (χ4n) is 2.21. The maximum Gasteiger partial charge on any atom is 0.141 e. The molecule has 0 fully saturated rings. The number of aryl methyl sites for hydroxylation is 1. The number of hydrogen-bond acceptors (Lipinski definition) is 2. The minimum atomic E-state index is -0.334. The number of rotatable bonds is 4. The lowest BCUT2D eigenvalue weighted by Gasteiger charge is -2.19. The molecule has 0 aliphatic heterocycles. The van der Waals surface area contributed by atoms with Gasteiger partial charge >= 0.3 is 0 Å². The van der Waals surface area contributed by atoms with E-state index in [2.05, 4.69) is 15.9 Å². The van der Waals surface area contributed by atoms with Crippen molar-refractivity contribution in [3.05, 3.63) is 56.5 Å². The summed E-state index contributed by atoms with van der Waals surface area (Å²) >= 11 is 16.1. The summed E-state index contributed by atoms with van der Waals surface area (Å²) in [6.07, 6.45) is 0. The van der Waals surface area contributed by atoms with Crippen LogP contribution in [0.5, 0.6) is 11.5 Å². The summed E-state index contributed by atoms with van der Waals surface area (Å²) in [6, 6.07) is 9.45. The molecule has 2 nitrogen and oxygen atoms in total. The van der Waals surface area contributed by atoms with E-state index in [9.17, 15) is 0 Å². The molecule has 2 aromatic carbocycles. The molecule has 2 aromatic rings. The summed E-state index contributed by atoms with van der Waals surface area (Å²) in [4.78, 5) is 0. The zero-order valence-electron chi connectivity index (χ0n) is 11.9. The highest BCUT2D eigenvalue weighted by atomic mass is 79.9. The molecule has 0 heterocycles. The first-order chi connectivity index (χ1) is 9.99. The summed E-state index contributed by atoms with van der Waals surface area (Å²) in [5.41, 5.74) is 2.91. The van der Waals surface area contributed by atoms with Gasteiger partial charge in [0.15, 0.2) is 0 Å². The molecule has 5 heteroatoms. The quantitative estimate of drug-likeness (QED) is 0.619. The fourth-order valence-corrected chi connectivity index (χ4v) is 3.54. The Hall–Kier alpha value is -0.900. The Morgan fingerprint density at radius 1 is 1.05 bits per heavy atom. The minimum Gasteiger partial charge on any atom is -0.495 e. The molecule has 0 radical (unpaired) electrons. The monoisotopic (exact) mass is 388 g/mol. The zero-order valence-corrected chi connectivity index (χ0v) is 15.0. The van der Waals surface area contributed by atoms with Crippen molar-refractivity contribution in [1.82, 2.24) is 0 Å². The van der Waals surface area contributed by atoms with Gasteiger partial charge in [0, 0.05) is 10.6 Å². The Morgan fingerprint density at radius 2 is 1.71 bits per heavy atom. The van der Waals surface area contributed by atoms with Crippen molar-refractivity contribution >= 4 is 39.1 Å². The Labute approximate surface area is 143 Å². The number of ether oxygens (including phenoxy) is 2. The third-order valence-corrected chi connectivity index (χ3v) is 4.75. The van der Waals surface area contributed by atoms with Crippen LogP contribution in [-0.2, 0) is 0 Å². The number of alkyl halides is 1. The van der Waals surface area contributed by atoms with Crippen molar-refractivity contribution in [1.29, 1.82) is 0 Å². The van der Waals surface area contributed by atoms with Crippen LogP contribution in [0, 0.1) is 6.92 Å². The van der Waals surface area contributed by atoms with Crippen LogP contribution in [0.1, 0.15) is 22.1 Å². The van der Waals surface area contributed by atoms with Crippen LogP contribution < -0.4 is 9.47 Å². The first-order valence-electron chi connectivity index (χ1n) is 6.30. The number of benzene rings is 2. The van der Waals surface area contributed by atoms with Gasteiger partial charge in [-0.2, -0.15) is 0 Å². The number of hydrogen-bond donors (Lipinski definition) is 0. The van der Waals surface area contributed by atoms with Crippen molar-refractivity contribution in [2.45, 2.75) is 12.3 Å². The maximum absolute atomic E-state index is 6.66. The van der Waals surface area contributed by atoms with Crippen molar-refractivity contribution < 1.29 is 9.47 Å². The van der Waals surface area contributed by atoms with E-state index in [0.29, 0.717) is 16.5 Å². The number of methoxy groups -OCH3 is 2. The topological polar surface area (TPSA) is 18.5 Å². The Balaban J connectivity index is 2.52. The van der Waals surface area contributed by atoms with Crippen molar-refractivity contribution in [2.75, 3.05) is 14.2 Å². The lowest BCUT2D eigenvalue weighted by molar-refractivity contribution is 0.386. The molecule has 1 unspecified atom stereocenters. The van der Waals surface area contributed by atoms with Crippen LogP contribution in [-0.4, -0.2) is 14.2 Å². The maximum atomic E-state index is 6.66. The van der Waals surface area contributed by atoms with Crippen LogP contribution in [0.25, 0.3) is 0 Å². The van der Waals surface area contributed by atoms with Gasteiger partial charge < -0.3 is 9.47 Å². The predicted octanol–water partition coefficient (Wildman–Crippen LogP) is 5.76. The lowest BCUT2D eigenvalue weighted by Crippen LogP contribution is -2.01. The molecule has 0 aliphatic rings. The van der Waals surface area contributed by atoms with Gasteiger partial charge in [0.25, 0.3) is 0 Å². The van der Waals surface area contributed by atoms with E-state index < -0.39 is 0 Å². The third-order valence-electron chi connectivity index (χ3n) is 3.29. The first kappa shape index (κ1) is 16.5. The van der Waals surface area contributed by atoms with Crippen LogP contribution >= 0.6 is 39.1 Å². The molecule has 2 rings (SSSR count). The molecule has 1 atom stereocenters. The van der Waals surface area contributed by atoms with Crippen molar-refractivity contribution in [3.8, 4) is 11.5 Å². The van der Waals surface area contributed by atoms with Gasteiger partial charge in [-0.15, -0.1) is 11.6 Å². The lowest BCUT2D eigenvalue weighted by atomic mass is 9.99. The molecule has 0 amide bonds. The Kier molecular flexibility index (Phi) is 5.42. The van der Waals surface area contributed by atoms with Crippen LogP contribution in [0.3, 0.4) is 0 Å². The van der Waals surface area contributed by atoms with Gasteiger partial charge in [0.2, 0.25) is 0 Å². The van der Waals surface area contributed by atoms with Crippen LogP contribution in [0.4, 0.5) is 0 Å². The van der Waals surface area contributed by atoms with Gasteiger partial charge in [-0.05, 0) is 58.2 Å². The minimum absolute atomic E-state index is 0.334. The molecule has 0 saturated carbocycles. The second-order valence-corrected chi connectivity index (χ2v) is 6.23. The average Bonchev–Trinajstić information content (AvgIpc) is 2.46. The van der Waals surface area contributed by atoms with E-state index in [-0.39, 0.29) is 5.38 Å². The van der Waals surface area contributed by atoms with E-state index in [4.69, 9.17) is 32.7 Å². The fraction of sp³-hybridized carbons (Fsp3) is 0.250. The molecule has 0 saturated heterocycles. The van der Waals surface area contributed by atoms with Gasteiger partial charge in [0.1, 0.15) is 16.0 Å². The highest BCUT2D eigenvalue weighted by molar-refractivity contribution is 9.10. The summed E-state index contributed by atoms with van der Waals surface area (Å²) in [7, 11) is 3.22. The molecule has 0 aliphatic carbocycles. The molecule has 0 bridgehead atoms. The molecular formula is C16H15BrCl2O2. The normalized spacial score (nSPS) is 12.1.